The van der Waals surface area contributed by atoms with E-state index in [0.29, 0.717) is 31.5 Å². The molecule has 6 heteroatoms. The minimum atomic E-state index is -0.0123. The Bertz CT molecular complexity index is 542. The number of anilines is 3. The van der Waals surface area contributed by atoms with Crippen LogP contribution in [0.2, 0.25) is 0 Å². The number of nitrogens with zero attached hydrogens (tertiary/aromatic N) is 1. The minimum absolute atomic E-state index is 0.0123. The van der Waals surface area contributed by atoms with E-state index in [-0.39, 0.29) is 11.8 Å². The molecular formula is C14H20N4O2. The summed E-state index contributed by atoms with van der Waals surface area (Å²) in [5.41, 5.74) is 9.44. The van der Waals surface area contributed by atoms with E-state index < -0.39 is 0 Å². The average molecular weight is 276 g/mol. The second-order valence-electron chi connectivity index (χ2n) is 4.96. The van der Waals surface area contributed by atoms with Gasteiger partial charge in [-0.2, -0.15) is 0 Å². The number of hydrogen-bond donors (Lipinski definition) is 3. The molecule has 0 saturated carbocycles. The monoisotopic (exact) mass is 276 g/mol. The number of nitrogens with two attached hydrogens (primary N) is 1. The largest absolute Gasteiger partial charge is 0.397 e. The van der Waals surface area contributed by atoms with Gasteiger partial charge in [-0.1, -0.05) is 0 Å². The zero-order valence-corrected chi connectivity index (χ0v) is 11.8. The molecule has 6 nitrogen and oxygen atoms in total. The van der Waals surface area contributed by atoms with Crippen molar-refractivity contribution in [2.75, 3.05) is 36.6 Å². The normalized spacial score (nSPS) is 13.4. The Kier molecular flexibility index (Phi) is 4.12. The Morgan fingerprint density at radius 2 is 2.20 bits per heavy atom. The van der Waals surface area contributed by atoms with Crippen LogP contribution in [-0.2, 0) is 16.0 Å². The van der Waals surface area contributed by atoms with Gasteiger partial charge in [-0.15, -0.1) is 0 Å². The molecular weight excluding hydrogens is 256 g/mol. The molecule has 1 heterocycles. The van der Waals surface area contributed by atoms with Gasteiger partial charge in [-0.3, -0.25) is 9.59 Å². The first-order chi connectivity index (χ1) is 9.51. The van der Waals surface area contributed by atoms with Gasteiger partial charge < -0.3 is 21.3 Å². The van der Waals surface area contributed by atoms with Crippen molar-refractivity contribution in [1.82, 2.24) is 5.32 Å². The van der Waals surface area contributed by atoms with E-state index >= 15 is 0 Å². The second-order valence-corrected chi connectivity index (χ2v) is 4.96. The predicted molar refractivity (Wildman–Crippen MR) is 79.8 cm³/mol. The Morgan fingerprint density at radius 1 is 1.45 bits per heavy atom. The van der Waals surface area contributed by atoms with E-state index in [1.54, 1.807) is 7.05 Å². The third kappa shape index (κ3) is 3.01. The number of hydrogen-bond acceptors (Lipinski definition) is 4. The summed E-state index contributed by atoms with van der Waals surface area (Å²) in [6, 6.07) is 3.78. The van der Waals surface area contributed by atoms with Crippen molar-refractivity contribution < 1.29 is 9.59 Å². The van der Waals surface area contributed by atoms with Crippen LogP contribution in [0.5, 0.6) is 0 Å². The first-order valence-electron chi connectivity index (χ1n) is 6.65. The van der Waals surface area contributed by atoms with Crippen molar-refractivity contribution in [3.63, 3.8) is 0 Å². The molecule has 1 aliphatic rings. The molecule has 0 bridgehead atoms. The highest BCUT2D eigenvalue weighted by Gasteiger charge is 2.18. The maximum absolute atomic E-state index is 11.4. The van der Waals surface area contributed by atoms with Crippen molar-refractivity contribution in [3.05, 3.63) is 17.7 Å². The summed E-state index contributed by atoms with van der Waals surface area (Å²) in [5.74, 6) is 0.0166. The molecule has 4 N–H and O–H groups in total. The van der Waals surface area contributed by atoms with Crippen LogP contribution in [0.4, 0.5) is 17.1 Å². The van der Waals surface area contributed by atoms with E-state index in [0.717, 1.165) is 16.9 Å². The summed E-state index contributed by atoms with van der Waals surface area (Å²) in [6.07, 6.45) is 1.61. The van der Waals surface area contributed by atoms with Crippen molar-refractivity contribution in [1.29, 1.82) is 0 Å². The van der Waals surface area contributed by atoms with Crippen LogP contribution in [0.15, 0.2) is 12.1 Å². The van der Waals surface area contributed by atoms with Gasteiger partial charge in [-0.25, -0.2) is 0 Å². The number of nitrogens with one attached hydrogen (secondary N) is 2. The quantitative estimate of drug-likeness (QED) is 0.707. The van der Waals surface area contributed by atoms with Crippen LogP contribution in [-0.4, -0.2) is 32.5 Å². The fraction of sp³-hybridized carbons (Fsp3) is 0.429. The Hall–Kier alpha value is -2.24. The molecule has 0 fully saturated rings. The first kappa shape index (κ1) is 14.2. The van der Waals surface area contributed by atoms with Crippen LogP contribution >= 0.6 is 0 Å². The van der Waals surface area contributed by atoms with Crippen LogP contribution in [0, 0.1) is 0 Å². The summed E-state index contributed by atoms with van der Waals surface area (Å²) in [6.45, 7) is 0.566. The third-order valence-electron chi connectivity index (χ3n) is 3.51. The summed E-state index contributed by atoms with van der Waals surface area (Å²) in [5, 5.41) is 5.45. The molecule has 0 unspecified atom stereocenters. The van der Waals surface area contributed by atoms with Crippen LogP contribution < -0.4 is 21.3 Å². The maximum atomic E-state index is 11.4. The summed E-state index contributed by atoms with van der Waals surface area (Å²) >= 11 is 0. The van der Waals surface area contributed by atoms with Crippen molar-refractivity contribution >= 4 is 28.9 Å². The highest BCUT2D eigenvalue weighted by Crippen LogP contribution is 2.32. The van der Waals surface area contributed by atoms with E-state index in [2.05, 4.69) is 10.6 Å². The molecule has 0 radical (unpaired) electrons. The van der Waals surface area contributed by atoms with Crippen molar-refractivity contribution in [2.24, 2.45) is 0 Å². The summed E-state index contributed by atoms with van der Waals surface area (Å²) < 4.78 is 0. The Labute approximate surface area is 118 Å². The molecule has 1 aromatic rings. The number of rotatable bonds is 4. The molecule has 0 atom stereocenters. The SMILES string of the molecule is CNC(=O)CCN(C)c1cc2c(cc1N)CCC(=O)N2. The molecule has 1 aromatic carbocycles. The second kappa shape index (κ2) is 5.81. The number of benzene rings is 1. The molecule has 20 heavy (non-hydrogen) atoms. The third-order valence-corrected chi connectivity index (χ3v) is 3.51. The smallest absolute Gasteiger partial charge is 0.224 e. The van der Waals surface area contributed by atoms with E-state index in [4.69, 9.17) is 5.73 Å². The van der Waals surface area contributed by atoms with Crippen molar-refractivity contribution in [2.45, 2.75) is 19.3 Å². The van der Waals surface area contributed by atoms with Gasteiger partial charge in [0.25, 0.3) is 0 Å². The fourth-order valence-corrected chi connectivity index (χ4v) is 2.28. The molecule has 0 aliphatic carbocycles. The number of amides is 2. The number of aryl methyl sites for hydroxylation is 1. The zero-order chi connectivity index (χ0) is 14.7. The van der Waals surface area contributed by atoms with Gasteiger partial charge in [0.15, 0.2) is 0 Å². The molecule has 108 valence electrons. The van der Waals surface area contributed by atoms with Gasteiger partial charge >= 0.3 is 0 Å². The Morgan fingerprint density at radius 3 is 2.90 bits per heavy atom. The molecule has 2 rings (SSSR count). The topological polar surface area (TPSA) is 87.5 Å². The number of carbonyl (C=O) groups excluding carboxylic acids is 2. The van der Waals surface area contributed by atoms with Gasteiger partial charge in [0, 0.05) is 39.2 Å². The zero-order valence-electron chi connectivity index (χ0n) is 11.8. The summed E-state index contributed by atoms with van der Waals surface area (Å²) in [4.78, 5) is 24.6. The maximum Gasteiger partial charge on any atom is 0.224 e. The number of carbonyl (C=O) groups is 2. The van der Waals surface area contributed by atoms with Gasteiger partial charge in [-0.05, 0) is 24.1 Å². The fourth-order valence-electron chi connectivity index (χ4n) is 2.28. The van der Waals surface area contributed by atoms with Crippen LogP contribution in [0.3, 0.4) is 0 Å². The van der Waals surface area contributed by atoms with Gasteiger partial charge in [0.05, 0.1) is 11.4 Å². The minimum Gasteiger partial charge on any atom is -0.397 e. The van der Waals surface area contributed by atoms with E-state index in [1.165, 1.54) is 0 Å². The van der Waals surface area contributed by atoms with Gasteiger partial charge in [0.1, 0.15) is 0 Å². The van der Waals surface area contributed by atoms with E-state index in [9.17, 15) is 9.59 Å². The molecule has 0 aromatic heterocycles. The number of nitrogen functional groups attached to an aromatic ring is 1. The van der Waals surface area contributed by atoms with E-state index in [1.807, 2.05) is 24.1 Å². The Balaban J connectivity index is 2.17. The lowest BCUT2D eigenvalue weighted by atomic mass is 10.0. The lowest BCUT2D eigenvalue weighted by molar-refractivity contribution is -0.120. The standard InChI is InChI=1S/C14H20N4O2/c1-16-13(19)5-6-18(2)12-8-11-9(7-10(12)15)3-4-14(20)17-11/h7-8H,3-6,15H2,1-2H3,(H,16,19)(H,17,20). The molecule has 0 spiro atoms. The van der Waals surface area contributed by atoms with Crippen molar-refractivity contribution in [3.8, 4) is 0 Å². The highest BCUT2D eigenvalue weighted by molar-refractivity contribution is 5.95. The van der Waals surface area contributed by atoms with Crippen LogP contribution in [0.1, 0.15) is 18.4 Å². The first-order valence-corrected chi connectivity index (χ1v) is 6.65. The molecule has 2 amide bonds. The highest BCUT2D eigenvalue weighted by atomic mass is 16.2. The predicted octanol–water partition coefficient (Wildman–Crippen LogP) is 0.726. The lowest BCUT2D eigenvalue weighted by Crippen LogP contribution is -2.27. The lowest BCUT2D eigenvalue weighted by Gasteiger charge is -2.25. The van der Waals surface area contributed by atoms with Crippen LogP contribution in [0.25, 0.3) is 0 Å². The number of fused-ring (bicyclic) bond motifs is 1. The molecule has 0 saturated heterocycles. The van der Waals surface area contributed by atoms with Gasteiger partial charge in [0.2, 0.25) is 11.8 Å². The summed E-state index contributed by atoms with van der Waals surface area (Å²) in [7, 11) is 3.50. The molecule has 1 aliphatic heterocycles. The average Bonchev–Trinajstić information content (AvgIpc) is 2.44.